The number of hydrogen-bond donors (Lipinski definition) is 0. The highest BCUT2D eigenvalue weighted by Gasteiger charge is 2.37. The van der Waals surface area contributed by atoms with Crippen LogP contribution in [0.15, 0.2) is 0 Å². The number of rotatable bonds is 3. The average Bonchev–Trinajstić information content (AvgIpc) is 2.34. The molecule has 2 nitrogen and oxygen atoms in total. The van der Waals surface area contributed by atoms with Crippen molar-refractivity contribution in [1.82, 2.24) is 0 Å². The summed E-state index contributed by atoms with van der Waals surface area (Å²) >= 11 is 0. The predicted octanol–water partition coefficient (Wildman–Crippen LogP) is 5.36. The summed E-state index contributed by atoms with van der Waals surface area (Å²) in [6.45, 7) is 14.0. The Labute approximate surface area is 125 Å². The van der Waals surface area contributed by atoms with Gasteiger partial charge in [-0.3, -0.25) is 0 Å². The molecule has 0 saturated heterocycles. The molecule has 118 valence electrons. The van der Waals surface area contributed by atoms with Crippen molar-refractivity contribution in [2.45, 2.75) is 92.3 Å². The summed E-state index contributed by atoms with van der Waals surface area (Å²) in [7, 11) is 0. The van der Waals surface area contributed by atoms with Gasteiger partial charge < -0.3 is 0 Å². The second-order valence-corrected chi connectivity index (χ2v) is 9.04. The third kappa shape index (κ3) is 4.21. The molecule has 0 aromatic rings. The standard InChI is InChI=1S/C18H34O2/c1-13-7-9-17(3,4)11-15(13)19-20-16-12-18(5,6)10-8-14(16)2/h13-16H,7-12H2,1-6H3. The zero-order valence-electron chi connectivity index (χ0n) is 14.4. The van der Waals surface area contributed by atoms with Crippen molar-refractivity contribution >= 4 is 0 Å². The zero-order chi connectivity index (χ0) is 15.0. The second-order valence-electron chi connectivity index (χ2n) is 9.04. The van der Waals surface area contributed by atoms with Gasteiger partial charge in [0.1, 0.15) is 0 Å². The van der Waals surface area contributed by atoms with Gasteiger partial charge in [0.2, 0.25) is 0 Å². The van der Waals surface area contributed by atoms with E-state index in [2.05, 4.69) is 41.5 Å². The van der Waals surface area contributed by atoms with Gasteiger partial charge in [-0.05, 0) is 61.2 Å². The molecule has 2 heteroatoms. The van der Waals surface area contributed by atoms with Crippen LogP contribution >= 0.6 is 0 Å². The molecule has 0 radical (unpaired) electrons. The van der Waals surface area contributed by atoms with E-state index in [-0.39, 0.29) is 12.2 Å². The Morgan fingerprint density at radius 2 is 1.05 bits per heavy atom. The van der Waals surface area contributed by atoms with E-state index in [9.17, 15) is 0 Å². The first-order chi connectivity index (χ1) is 9.19. The Morgan fingerprint density at radius 3 is 1.40 bits per heavy atom. The minimum Gasteiger partial charge on any atom is -0.233 e. The highest BCUT2D eigenvalue weighted by molar-refractivity contribution is 4.85. The average molecular weight is 282 g/mol. The number of hydrogen-bond acceptors (Lipinski definition) is 2. The van der Waals surface area contributed by atoms with Crippen LogP contribution in [-0.2, 0) is 9.78 Å². The predicted molar refractivity (Wildman–Crippen MR) is 83.3 cm³/mol. The summed E-state index contributed by atoms with van der Waals surface area (Å²) in [5.41, 5.74) is 0.802. The molecule has 0 heterocycles. The summed E-state index contributed by atoms with van der Waals surface area (Å²) in [6, 6.07) is 0. The Balaban J connectivity index is 1.87. The Bertz CT molecular complexity index is 289. The highest BCUT2D eigenvalue weighted by Crippen LogP contribution is 2.42. The Hall–Kier alpha value is -0.0800. The molecule has 2 fully saturated rings. The third-order valence-electron chi connectivity index (χ3n) is 5.63. The van der Waals surface area contributed by atoms with Crippen LogP contribution in [0.25, 0.3) is 0 Å². The second kappa shape index (κ2) is 5.96. The zero-order valence-corrected chi connectivity index (χ0v) is 14.4. The van der Waals surface area contributed by atoms with Crippen LogP contribution in [0.1, 0.15) is 80.1 Å². The van der Waals surface area contributed by atoms with Crippen LogP contribution in [0.4, 0.5) is 0 Å². The fourth-order valence-corrected chi connectivity index (χ4v) is 3.70. The van der Waals surface area contributed by atoms with Gasteiger partial charge in [0.05, 0.1) is 12.2 Å². The summed E-state index contributed by atoms with van der Waals surface area (Å²) < 4.78 is 0. The minimum atomic E-state index is 0.274. The molecule has 0 amide bonds. The maximum atomic E-state index is 5.93. The van der Waals surface area contributed by atoms with E-state index in [0.29, 0.717) is 22.7 Å². The van der Waals surface area contributed by atoms with E-state index >= 15 is 0 Å². The van der Waals surface area contributed by atoms with Crippen molar-refractivity contribution in [2.75, 3.05) is 0 Å². The molecule has 0 aromatic heterocycles. The lowest BCUT2D eigenvalue weighted by Gasteiger charge is -2.41. The van der Waals surface area contributed by atoms with Crippen LogP contribution in [0.3, 0.4) is 0 Å². The van der Waals surface area contributed by atoms with Crippen molar-refractivity contribution in [1.29, 1.82) is 0 Å². The van der Waals surface area contributed by atoms with Gasteiger partial charge >= 0.3 is 0 Å². The molecule has 0 bridgehead atoms. The quantitative estimate of drug-likeness (QED) is 0.512. The maximum Gasteiger partial charge on any atom is 0.0960 e. The third-order valence-corrected chi connectivity index (χ3v) is 5.63. The van der Waals surface area contributed by atoms with E-state index in [1.54, 1.807) is 0 Å². The van der Waals surface area contributed by atoms with Gasteiger partial charge in [0, 0.05) is 0 Å². The molecule has 2 aliphatic rings. The molecule has 4 atom stereocenters. The van der Waals surface area contributed by atoms with E-state index in [1.165, 1.54) is 25.7 Å². The first kappa shape index (κ1) is 16.3. The smallest absolute Gasteiger partial charge is 0.0960 e. The summed E-state index contributed by atoms with van der Waals surface area (Å²) in [5, 5.41) is 0. The van der Waals surface area contributed by atoms with Gasteiger partial charge in [0.25, 0.3) is 0 Å². The van der Waals surface area contributed by atoms with Gasteiger partial charge in [0.15, 0.2) is 0 Å². The molecule has 2 saturated carbocycles. The normalized spacial score (nSPS) is 40.5. The largest absolute Gasteiger partial charge is 0.233 e. The van der Waals surface area contributed by atoms with Crippen LogP contribution in [0.2, 0.25) is 0 Å². The molecule has 0 aliphatic heterocycles. The fourth-order valence-electron chi connectivity index (χ4n) is 3.70. The first-order valence-electron chi connectivity index (χ1n) is 8.51. The van der Waals surface area contributed by atoms with Crippen molar-refractivity contribution in [3.63, 3.8) is 0 Å². The lowest BCUT2D eigenvalue weighted by molar-refractivity contribution is -0.378. The topological polar surface area (TPSA) is 18.5 Å². The van der Waals surface area contributed by atoms with Gasteiger partial charge in [-0.25, -0.2) is 9.78 Å². The van der Waals surface area contributed by atoms with E-state index in [0.717, 1.165) is 12.8 Å². The van der Waals surface area contributed by atoms with Crippen molar-refractivity contribution in [3.05, 3.63) is 0 Å². The molecule has 0 spiro atoms. The maximum absolute atomic E-state index is 5.93. The molecule has 4 unspecified atom stereocenters. The van der Waals surface area contributed by atoms with Gasteiger partial charge in [-0.15, -0.1) is 0 Å². The summed E-state index contributed by atoms with van der Waals surface area (Å²) in [5.74, 6) is 1.24. The van der Waals surface area contributed by atoms with E-state index < -0.39 is 0 Å². The van der Waals surface area contributed by atoms with E-state index in [1.807, 2.05) is 0 Å². The van der Waals surface area contributed by atoms with Gasteiger partial charge in [-0.2, -0.15) is 0 Å². The summed E-state index contributed by atoms with van der Waals surface area (Å²) in [6.07, 6.45) is 7.92. The molecule has 20 heavy (non-hydrogen) atoms. The molecule has 0 aromatic carbocycles. The molecular formula is C18H34O2. The van der Waals surface area contributed by atoms with Crippen LogP contribution in [-0.4, -0.2) is 12.2 Å². The first-order valence-corrected chi connectivity index (χ1v) is 8.51. The van der Waals surface area contributed by atoms with Crippen molar-refractivity contribution in [3.8, 4) is 0 Å². The molecule has 0 N–H and O–H groups in total. The summed E-state index contributed by atoms with van der Waals surface area (Å²) in [4.78, 5) is 11.9. The van der Waals surface area contributed by atoms with E-state index in [4.69, 9.17) is 9.78 Å². The molecular weight excluding hydrogens is 248 g/mol. The Morgan fingerprint density at radius 1 is 0.700 bits per heavy atom. The molecule has 2 rings (SSSR count). The highest BCUT2D eigenvalue weighted by atomic mass is 17.2. The van der Waals surface area contributed by atoms with Crippen molar-refractivity contribution in [2.24, 2.45) is 22.7 Å². The van der Waals surface area contributed by atoms with Crippen LogP contribution in [0, 0.1) is 22.7 Å². The minimum absolute atomic E-state index is 0.274. The Kier molecular flexibility index (Phi) is 4.86. The fraction of sp³-hybridized carbons (Fsp3) is 1.00. The molecule has 2 aliphatic carbocycles. The lowest BCUT2D eigenvalue weighted by Crippen LogP contribution is -2.39. The van der Waals surface area contributed by atoms with Crippen LogP contribution < -0.4 is 0 Å². The van der Waals surface area contributed by atoms with Crippen molar-refractivity contribution < 1.29 is 9.78 Å². The SMILES string of the molecule is CC1CCC(C)(C)CC1OOC1CC(C)(C)CCC1C. The lowest BCUT2D eigenvalue weighted by atomic mass is 9.72. The monoisotopic (exact) mass is 282 g/mol. The van der Waals surface area contributed by atoms with Gasteiger partial charge in [-0.1, -0.05) is 41.5 Å². The van der Waals surface area contributed by atoms with Crippen LogP contribution in [0.5, 0.6) is 0 Å².